The van der Waals surface area contributed by atoms with Gasteiger partial charge in [-0.3, -0.25) is 14.2 Å². The van der Waals surface area contributed by atoms with Gasteiger partial charge in [0.25, 0.3) is 5.56 Å². The van der Waals surface area contributed by atoms with E-state index in [4.69, 9.17) is 0 Å². The predicted octanol–water partition coefficient (Wildman–Crippen LogP) is 2.58. The molecule has 0 unspecified atom stereocenters. The second kappa shape index (κ2) is 8.03. The number of rotatable bonds is 6. The van der Waals surface area contributed by atoms with Gasteiger partial charge in [0.1, 0.15) is 12.3 Å². The number of aromatic nitrogens is 2. The Morgan fingerprint density at radius 3 is 2.62 bits per heavy atom. The van der Waals surface area contributed by atoms with Crippen molar-refractivity contribution in [2.75, 3.05) is 0 Å². The quantitative estimate of drug-likeness (QED) is 0.850. The SMILES string of the molecule is CC(C)c1cc(=O)n(CC(=O)NCc2ccccc2OC(F)(F)F)cn1. The summed E-state index contributed by atoms with van der Waals surface area (Å²) in [5.41, 5.74) is 0.406. The third-order valence-electron chi connectivity index (χ3n) is 3.48. The molecule has 1 aromatic carbocycles. The molecule has 0 radical (unpaired) electrons. The van der Waals surface area contributed by atoms with Crippen LogP contribution in [0, 0.1) is 0 Å². The van der Waals surface area contributed by atoms with E-state index in [1.807, 2.05) is 13.8 Å². The summed E-state index contributed by atoms with van der Waals surface area (Å²) in [7, 11) is 0. The molecule has 0 aliphatic heterocycles. The van der Waals surface area contributed by atoms with E-state index < -0.39 is 12.3 Å². The molecule has 140 valence electrons. The van der Waals surface area contributed by atoms with E-state index in [1.165, 1.54) is 30.6 Å². The fourth-order valence-electron chi connectivity index (χ4n) is 2.15. The standard InChI is InChI=1S/C17H18F3N3O3/c1-11(2)13-7-16(25)23(10-22-13)9-15(24)21-8-12-5-3-4-6-14(12)26-17(18,19)20/h3-7,10-11H,8-9H2,1-2H3,(H,21,24). The van der Waals surface area contributed by atoms with Crippen LogP contribution in [0.4, 0.5) is 13.2 Å². The summed E-state index contributed by atoms with van der Waals surface area (Å²) in [6.45, 7) is 3.32. The van der Waals surface area contributed by atoms with Gasteiger partial charge in [-0.1, -0.05) is 32.0 Å². The van der Waals surface area contributed by atoms with Gasteiger partial charge in [-0.15, -0.1) is 13.2 Å². The number of para-hydroxylation sites is 1. The van der Waals surface area contributed by atoms with E-state index >= 15 is 0 Å². The van der Waals surface area contributed by atoms with Crippen molar-refractivity contribution in [2.45, 2.75) is 39.2 Å². The first-order valence-corrected chi connectivity index (χ1v) is 7.82. The molecule has 9 heteroatoms. The Kier molecular flexibility index (Phi) is 6.01. The van der Waals surface area contributed by atoms with Crippen LogP contribution >= 0.6 is 0 Å². The number of alkyl halides is 3. The van der Waals surface area contributed by atoms with Gasteiger partial charge in [-0.25, -0.2) is 4.98 Å². The van der Waals surface area contributed by atoms with Crippen LogP contribution in [0.1, 0.15) is 31.0 Å². The number of carbonyl (C=O) groups is 1. The predicted molar refractivity (Wildman–Crippen MR) is 87.6 cm³/mol. The summed E-state index contributed by atoms with van der Waals surface area (Å²) < 4.78 is 42.2. The third-order valence-corrected chi connectivity index (χ3v) is 3.48. The fourth-order valence-corrected chi connectivity index (χ4v) is 2.15. The second-order valence-electron chi connectivity index (χ2n) is 5.87. The fraction of sp³-hybridized carbons (Fsp3) is 0.353. The Balaban J connectivity index is 2.01. The molecule has 0 saturated carbocycles. The minimum atomic E-state index is -4.82. The number of halogens is 3. The lowest BCUT2D eigenvalue weighted by atomic mass is 10.1. The Morgan fingerprint density at radius 1 is 1.31 bits per heavy atom. The number of nitrogens with one attached hydrogen (secondary N) is 1. The van der Waals surface area contributed by atoms with Crippen LogP contribution in [0.15, 0.2) is 41.5 Å². The van der Waals surface area contributed by atoms with Gasteiger partial charge in [-0.2, -0.15) is 0 Å². The molecule has 1 heterocycles. The molecule has 0 aliphatic carbocycles. The van der Waals surface area contributed by atoms with E-state index in [-0.39, 0.29) is 35.9 Å². The largest absolute Gasteiger partial charge is 0.573 e. The Labute approximate surface area is 147 Å². The molecule has 0 fully saturated rings. The second-order valence-corrected chi connectivity index (χ2v) is 5.87. The molecule has 1 aromatic heterocycles. The zero-order valence-corrected chi connectivity index (χ0v) is 14.2. The highest BCUT2D eigenvalue weighted by Crippen LogP contribution is 2.26. The summed E-state index contributed by atoms with van der Waals surface area (Å²) in [6, 6.07) is 6.85. The van der Waals surface area contributed by atoms with Gasteiger partial charge in [0, 0.05) is 18.2 Å². The lowest BCUT2D eigenvalue weighted by molar-refractivity contribution is -0.274. The zero-order valence-electron chi connectivity index (χ0n) is 14.2. The molecule has 0 bridgehead atoms. The molecular weight excluding hydrogens is 351 g/mol. The van der Waals surface area contributed by atoms with Crippen molar-refractivity contribution >= 4 is 5.91 Å². The van der Waals surface area contributed by atoms with Crippen LogP contribution in [0.2, 0.25) is 0 Å². The van der Waals surface area contributed by atoms with Crippen LogP contribution in [0.5, 0.6) is 5.75 Å². The van der Waals surface area contributed by atoms with E-state index in [0.717, 1.165) is 10.6 Å². The summed E-state index contributed by atoms with van der Waals surface area (Å²) in [5.74, 6) is -0.843. The molecule has 2 rings (SSSR count). The monoisotopic (exact) mass is 369 g/mol. The minimum absolute atomic E-state index is 0.0799. The molecular formula is C17H18F3N3O3. The van der Waals surface area contributed by atoms with Crippen molar-refractivity contribution in [3.05, 3.63) is 58.3 Å². The Morgan fingerprint density at radius 2 is 2.00 bits per heavy atom. The number of amides is 1. The molecule has 1 N–H and O–H groups in total. The highest BCUT2D eigenvalue weighted by atomic mass is 19.4. The molecule has 0 aliphatic rings. The highest BCUT2D eigenvalue weighted by Gasteiger charge is 2.31. The summed E-state index contributed by atoms with van der Waals surface area (Å²) in [6.07, 6.45) is -3.55. The smallest absolute Gasteiger partial charge is 0.405 e. The highest BCUT2D eigenvalue weighted by molar-refractivity contribution is 5.75. The van der Waals surface area contributed by atoms with Crippen molar-refractivity contribution < 1.29 is 22.7 Å². The van der Waals surface area contributed by atoms with Gasteiger partial charge in [0.2, 0.25) is 5.91 Å². The molecule has 1 amide bonds. The van der Waals surface area contributed by atoms with Crippen molar-refractivity contribution in [1.29, 1.82) is 0 Å². The first-order chi connectivity index (χ1) is 12.2. The summed E-state index contributed by atoms with van der Waals surface area (Å²) >= 11 is 0. The van der Waals surface area contributed by atoms with Crippen molar-refractivity contribution in [1.82, 2.24) is 14.9 Å². The van der Waals surface area contributed by atoms with Gasteiger partial charge in [0.05, 0.1) is 12.0 Å². The van der Waals surface area contributed by atoms with Gasteiger partial charge in [-0.05, 0) is 12.0 Å². The summed E-state index contributed by atoms with van der Waals surface area (Å²) in [4.78, 5) is 28.1. The maximum atomic E-state index is 12.4. The number of ether oxygens (including phenoxy) is 1. The minimum Gasteiger partial charge on any atom is -0.405 e. The lowest BCUT2D eigenvalue weighted by Crippen LogP contribution is -2.32. The van der Waals surface area contributed by atoms with E-state index in [1.54, 1.807) is 0 Å². The topological polar surface area (TPSA) is 73.2 Å². The van der Waals surface area contributed by atoms with Crippen LogP contribution in [0.3, 0.4) is 0 Å². The number of benzene rings is 1. The van der Waals surface area contributed by atoms with E-state index in [0.29, 0.717) is 5.69 Å². The summed E-state index contributed by atoms with van der Waals surface area (Å²) in [5, 5.41) is 2.46. The van der Waals surface area contributed by atoms with E-state index in [2.05, 4.69) is 15.0 Å². The number of hydrogen-bond donors (Lipinski definition) is 1. The van der Waals surface area contributed by atoms with Crippen LogP contribution in [0.25, 0.3) is 0 Å². The zero-order chi connectivity index (χ0) is 19.3. The van der Waals surface area contributed by atoms with Crippen LogP contribution in [-0.2, 0) is 17.9 Å². The van der Waals surface area contributed by atoms with E-state index in [9.17, 15) is 22.8 Å². The van der Waals surface area contributed by atoms with Crippen LogP contribution in [-0.4, -0.2) is 21.8 Å². The van der Waals surface area contributed by atoms with Crippen molar-refractivity contribution in [2.24, 2.45) is 0 Å². The normalized spacial score (nSPS) is 11.5. The number of hydrogen-bond acceptors (Lipinski definition) is 4. The molecule has 6 nitrogen and oxygen atoms in total. The first kappa shape index (κ1) is 19.5. The Hall–Kier alpha value is -2.84. The maximum Gasteiger partial charge on any atom is 0.573 e. The molecule has 26 heavy (non-hydrogen) atoms. The maximum absolute atomic E-state index is 12.4. The lowest BCUT2D eigenvalue weighted by Gasteiger charge is -2.14. The van der Waals surface area contributed by atoms with Crippen molar-refractivity contribution in [3.8, 4) is 5.75 Å². The van der Waals surface area contributed by atoms with Crippen LogP contribution < -0.4 is 15.6 Å². The average Bonchev–Trinajstić information content (AvgIpc) is 2.54. The first-order valence-electron chi connectivity index (χ1n) is 7.82. The third kappa shape index (κ3) is 5.61. The molecule has 0 atom stereocenters. The molecule has 0 saturated heterocycles. The molecule has 0 spiro atoms. The average molecular weight is 369 g/mol. The Bertz CT molecular complexity index is 832. The van der Waals surface area contributed by atoms with Gasteiger partial charge >= 0.3 is 6.36 Å². The van der Waals surface area contributed by atoms with Gasteiger partial charge in [0.15, 0.2) is 0 Å². The molecule has 2 aromatic rings. The number of carbonyl (C=O) groups excluding carboxylic acids is 1. The number of nitrogens with zero attached hydrogens (tertiary/aromatic N) is 2. The van der Waals surface area contributed by atoms with Crippen molar-refractivity contribution in [3.63, 3.8) is 0 Å². The van der Waals surface area contributed by atoms with Gasteiger partial charge < -0.3 is 10.1 Å².